The van der Waals surface area contributed by atoms with Crippen molar-refractivity contribution in [1.82, 2.24) is 9.55 Å². The van der Waals surface area contributed by atoms with Crippen LogP contribution in [-0.2, 0) is 34.4 Å². The molecule has 1 fully saturated rings. The Morgan fingerprint density at radius 1 is 1.33 bits per heavy atom. The molecule has 2 aliphatic rings. The molecule has 3 unspecified atom stereocenters. The highest BCUT2D eigenvalue weighted by Gasteiger charge is 2.38. The number of carbonyl (C=O) groups excluding carboxylic acids is 1. The first-order chi connectivity index (χ1) is 15.8. The van der Waals surface area contributed by atoms with E-state index in [2.05, 4.69) is 10.1 Å². The lowest BCUT2D eigenvalue weighted by atomic mass is 9.99. The standard InChI is InChI=1S/C23H24ClN3O6/c1-13-9-19-18(33-19)6-4-3-5-14(26-31-12-20-25-7-8-27(20)2)10-15-21(23(30)32-13)16(28)11-17(29)22(15)24/h3-8,11,13,18-19,28-29H,9-10,12H2,1-2H3/b5-3+,6-4-,26-14+. The first kappa shape index (κ1) is 22.9. The number of oxime groups is 1. The maximum Gasteiger partial charge on any atom is 0.342 e. The van der Waals surface area contributed by atoms with Crippen LogP contribution in [0.5, 0.6) is 11.5 Å². The number of benzene rings is 1. The highest BCUT2D eigenvalue weighted by molar-refractivity contribution is 6.33. The van der Waals surface area contributed by atoms with Crippen LogP contribution in [0.15, 0.2) is 47.9 Å². The van der Waals surface area contributed by atoms with Gasteiger partial charge in [0.2, 0.25) is 0 Å². The van der Waals surface area contributed by atoms with Crippen LogP contribution in [0.1, 0.15) is 35.1 Å². The second kappa shape index (κ2) is 9.68. The molecule has 1 aromatic heterocycles. The summed E-state index contributed by atoms with van der Waals surface area (Å²) >= 11 is 6.33. The highest BCUT2D eigenvalue weighted by atomic mass is 35.5. The van der Waals surface area contributed by atoms with Crippen molar-refractivity contribution in [3.63, 3.8) is 0 Å². The molecular formula is C23H24ClN3O6. The van der Waals surface area contributed by atoms with Gasteiger partial charge in [-0.15, -0.1) is 0 Å². The summed E-state index contributed by atoms with van der Waals surface area (Å²) in [6.07, 6.45) is 10.6. The number of ether oxygens (including phenoxy) is 2. The number of cyclic esters (lactones) is 1. The van der Waals surface area contributed by atoms with Gasteiger partial charge in [0.15, 0.2) is 6.61 Å². The number of aromatic nitrogens is 2. The minimum Gasteiger partial charge on any atom is -0.507 e. The number of imidazole rings is 1. The summed E-state index contributed by atoms with van der Waals surface area (Å²) < 4.78 is 12.9. The van der Waals surface area contributed by atoms with Crippen molar-refractivity contribution in [3.05, 3.63) is 64.7 Å². The SMILES string of the molecule is CC1CC2OC2\C=C/C=C/C(=N\OCc2nccn2C)Cc2c(Cl)c(O)cc(O)c2C(=O)O1. The zero-order chi connectivity index (χ0) is 23.5. The average Bonchev–Trinajstić information content (AvgIpc) is 3.36. The number of phenols is 2. The predicted molar refractivity (Wildman–Crippen MR) is 120 cm³/mol. The third-order valence-corrected chi connectivity index (χ3v) is 5.80. The number of aromatic hydroxyl groups is 2. The first-order valence-electron chi connectivity index (χ1n) is 10.4. The zero-order valence-electron chi connectivity index (χ0n) is 18.1. The Hall–Kier alpha value is -3.30. The normalized spacial score (nSPS) is 26.0. The van der Waals surface area contributed by atoms with E-state index in [0.717, 1.165) is 6.07 Å². The van der Waals surface area contributed by atoms with Gasteiger partial charge in [-0.2, -0.15) is 0 Å². The Bertz CT molecular complexity index is 1140. The monoisotopic (exact) mass is 473 g/mol. The van der Waals surface area contributed by atoms with Crippen LogP contribution in [0.2, 0.25) is 5.02 Å². The number of esters is 1. The molecule has 2 aliphatic heterocycles. The lowest BCUT2D eigenvalue weighted by molar-refractivity contribution is 0.0306. The van der Waals surface area contributed by atoms with Crippen molar-refractivity contribution in [2.45, 2.75) is 44.7 Å². The Kier molecular flexibility index (Phi) is 6.71. The van der Waals surface area contributed by atoms with E-state index in [1.165, 1.54) is 0 Å². The van der Waals surface area contributed by atoms with Gasteiger partial charge in [0.05, 0.1) is 16.8 Å². The summed E-state index contributed by atoms with van der Waals surface area (Å²) in [6, 6.07) is 1.02. The molecule has 0 spiro atoms. The number of hydrogen-bond acceptors (Lipinski definition) is 8. The van der Waals surface area contributed by atoms with Gasteiger partial charge in [0, 0.05) is 38.3 Å². The molecule has 10 heteroatoms. The van der Waals surface area contributed by atoms with Crippen LogP contribution >= 0.6 is 11.6 Å². The van der Waals surface area contributed by atoms with Gasteiger partial charge in [-0.1, -0.05) is 35.0 Å². The van der Waals surface area contributed by atoms with Crippen LogP contribution in [0.4, 0.5) is 0 Å². The number of allylic oxidation sites excluding steroid dienone is 3. The van der Waals surface area contributed by atoms with Crippen LogP contribution in [0.3, 0.4) is 0 Å². The van der Waals surface area contributed by atoms with E-state index in [4.69, 9.17) is 25.9 Å². The van der Waals surface area contributed by atoms with Gasteiger partial charge in [0.1, 0.15) is 35.1 Å². The minimum atomic E-state index is -0.751. The van der Waals surface area contributed by atoms with Gasteiger partial charge in [-0.25, -0.2) is 9.78 Å². The quantitative estimate of drug-likeness (QED) is 0.398. The van der Waals surface area contributed by atoms with Crippen molar-refractivity contribution in [3.8, 4) is 11.5 Å². The molecule has 2 aromatic rings. The van der Waals surface area contributed by atoms with Gasteiger partial charge in [-0.05, 0) is 18.6 Å². The van der Waals surface area contributed by atoms with Crippen LogP contribution in [0.25, 0.3) is 0 Å². The van der Waals surface area contributed by atoms with Crippen molar-refractivity contribution in [2.24, 2.45) is 12.2 Å². The molecule has 0 amide bonds. The third kappa shape index (κ3) is 5.37. The number of epoxide rings is 1. The fourth-order valence-corrected chi connectivity index (χ4v) is 3.78. The molecule has 0 saturated carbocycles. The molecule has 3 atom stereocenters. The Morgan fingerprint density at radius 2 is 2.15 bits per heavy atom. The third-order valence-electron chi connectivity index (χ3n) is 5.37. The molecule has 4 rings (SSSR count). The van der Waals surface area contributed by atoms with E-state index in [-0.39, 0.29) is 47.1 Å². The molecule has 33 heavy (non-hydrogen) atoms. The van der Waals surface area contributed by atoms with Gasteiger partial charge in [-0.3, -0.25) is 0 Å². The Balaban J connectivity index is 1.69. The van der Waals surface area contributed by atoms with E-state index in [9.17, 15) is 15.0 Å². The summed E-state index contributed by atoms with van der Waals surface area (Å²) in [7, 11) is 1.84. The van der Waals surface area contributed by atoms with Gasteiger partial charge < -0.3 is 29.1 Å². The summed E-state index contributed by atoms with van der Waals surface area (Å²) in [4.78, 5) is 22.6. The van der Waals surface area contributed by atoms with E-state index < -0.39 is 17.8 Å². The van der Waals surface area contributed by atoms with E-state index in [1.807, 2.05) is 19.2 Å². The van der Waals surface area contributed by atoms with Crippen LogP contribution in [-0.4, -0.2) is 49.8 Å². The molecule has 3 heterocycles. The number of halogens is 1. The highest BCUT2D eigenvalue weighted by Crippen LogP contribution is 2.38. The summed E-state index contributed by atoms with van der Waals surface area (Å²) in [5, 5.41) is 24.7. The van der Waals surface area contributed by atoms with E-state index in [0.29, 0.717) is 18.0 Å². The number of fused-ring (bicyclic) bond motifs is 2. The molecule has 0 aliphatic carbocycles. The maximum atomic E-state index is 12.9. The van der Waals surface area contributed by atoms with E-state index >= 15 is 0 Å². The lowest BCUT2D eigenvalue weighted by Gasteiger charge is -2.17. The smallest absolute Gasteiger partial charge is 0.342 e. The predicted octanol–water partition coefficient (Wildman–Crippen LogP) is 3.43. The Morgan fingerprint density at radius 3 is 2.91 bits per heavy atom. The molecular weight excluding hydrogens is 450 g/mol. The number of rotatable bonds is 3. The van der Waals surface area contributed by atoms with Gasteiger partial charge in [0.25, 0.3) is 0 Å². The van der Waals surface area contributed by atoms with Crippen molar-refractivity contribution >= 4 is 23.3 Å². The summed E-state index contributed by atoms with van der Waals surface area (Å²) in [6.45, 7) is 1.88. The lowest BCUT2D eigenvalue weighted by Crippen LogP contribution is -2.20. The second-order valence-electron chi connectivity index (χ2n) is 7.90. The van der Waals surface area contributed by atoms with Crippen LogP contribution < -0.4 is 0 Å². The number of nitrogens with zero attached hydrogens (tertiary/aromatic N) is 3. The number of carbonyl (C=O) groups is 1. The average molecular weight is 474 g/mol. The summed E-state index contributed by atoms with van der Waals surface area (Å²) in [5.74, 6) is -0.874. The second-order valence-corrected chi connectivity index (χ2v) is 8.28. The zero-order valence-corrected chi connectivity index (χ0v) is 18.9. The van der Waals surface area contributed by atoms with E-state index in [1.54, 1.807) is 36.0 Å². The number of phenolic OH excluding ortho intramolecular Hbond substituents is 2. The molecule has 0 radical (unpaired) electrons. The first-order valence-corrected chi connectivity index (χ1v) is 10.8. The summed E-state index contributed by atoms with van der Waals surface area (Å²) in [5.41, 5.74) is 0.445. The molecule has 1 saturated heterocycles. The maximum absolute atomic E-state index is 12.9. The van der Waals surface area contributed by atoms with Gasteiger partial charge >= 0.3 is 5.97 Å². The largest absolute Gasteiger partial charge is 0.507 e. The fourth-order valence-electron chi connectivity index (χ4n) is 3.56. The van der Waals surface area contributed by atoms with Crippen molar-refractivity contribution in [1.29, 1.82) is 0 Å². The van der Waals surface area contributed by atoms with Crippen LogP contribution in [0, 0.1) is 0 Å². The molecule has 0 bridgehead atoms. The van der Waals surface area contributed by atoms with Crippen molar-refractivity contribution in [2.75, 3.05) is 0 Å². The fraction of sp³-hybridized carbons (Fsp3) is 0.348. The molecule has 174 valence electrons. The topological polar surface area (TPSA) is 119 Å². The minimum absolute atomic E-state index is 0.00688. The molecule has 2 N–H and O–H groups in total. The molecule has 1 aromatic carbocycles. The molecule has 9 nitrogen and oxygen atoms in total. The number of hydrogen-bond donors (Lipinski definition) is 2. The van der Waals surface area contributed by atoms with Crippen molar-refractivity contribution < 1.29 is 29.3 Å². The Labute approximate surface area is 195 Å². The number of aryl methyl sites for hydroxylation is 1.